The summed E-state index contributed by atoms with van der Waals surface area (Å²) >= 11 is 2.74. The molecule has 0 saturated carbocycles. The lowest BCUT2D eigenvalue weighted by atomic mass is 9.99. The van der Waals surface area contributed by atoms with Gasteiger partial charge in [0.15, 0.2) is 5.13 Å². The Labute approximate surface area is 210 Å². The van der Waals surface area contributed by atoms with Crippen LogP contribution in [0.25, 0.3) is 11.1 Å². The fourth-order valence-electron chi connectivity index (χ4n) is 3.02. The van der Waals surface area contributed by atoms with Gasteiger partial charge in [0.05, 0.1) is 7.11 Å². The lowest BCUT2D eigenvalue weighted by Gasteiger charge is -2.18. The molecule has 3 aromatic rings. The van der Waals surface area contributed by atoms with Gasteiger partial charge >= 0.3 is 5.97 Å². The number of thioether (sulfide) groups is 1. The van der Waals surface area contributed by atoms with E-state index in [1.807, 2.05) is 36.6 Å². The summed E-state index contributed by atoms with van der Waals surface area (Å²) in [7, 11) is -1.88. The van der Waals surface area contributed by atoms with Gasteiger partial charge in [0.1, 0.15) is 6.04 Å². The van der Waals surface area contributed by atoms with Crippen molar-refractivity contribution in [1.82, 2.24) is 10.3 Å². The summed E-state index contributed by atoms with van der Waals surface area (Å²) in [5.74, 6) is -0.295. The molecule has 8 nitrogen and oxygen atoms in total. The van der Waals surface area contributed by atoms with Crippen molar-refractivity contribution in [3.63, 3.8) is 0 Å². The minimum absolute atomic E-state index is 0.269. The fraction of sp³-hybridized carbons (Fsp3) is 0.227. The topological polar surface area (TPSA) is 114 Å². The molecule has 12 heteroatoms. The highest BCUT2D eigenvalue weighted by Crippen LogP contribution is 2.33. The molecule has 0 radical (unpaired) electrons. The van der Waals surface area contributed by atoms with E-state index in [2.05, 4.69) is 15.0 Å². The summed E-state index contributed by atoms with van der Waals surface area (Å²) in [6, 6.07) is 13.1. The number of carbonyl (C=O) groups excluding carboxylic acids is 2. The van der Waals surface area contributed by atoms with Gasteiger partial charge in [0, 0.05) is 32.8 Å². The third-order valence-electron chi connectivity index (χ3n) is 4.57. The molecule has 0 aliphatic carbocycles. The van der Waals surface area contributed by atoms with Gasteiger partial charge in [0.25, 0.3) is 15.0 Å². The molecule has 0 saturated heterocycles. The van der Waals surface area contributed by atoms with Gasteiger partial charge in [-0.05, 0) is 47.8 Å². The van der Waals surface area contributed by atoms with E-state index < -0.39 is 27.0 Å². The maximum absolute atomic E-state index is 13.2. The Kier molecular flexibility index (Phi) is 9.39. The monoisotopic (exact) mass is 537 g/mol. The summed E-state index contributed by atoms with van der Waals surface area (Å²) in [6.07, 6.45) is 3.85. The lowest BCUT2D eigenvalue weighted by molar-refractivity contribution is -0.142. The van der Waals surface area contributed by atoms with Crippen molar-refractivity contribution in [2.45, 2.75) is 17.4 Å². The molecule has 0 aliphatic heterocycles. The average Bonchev–Trinajstić information content (AvgIpc) is 3.33. The van der Waals surface area contributed by atoms with Crippen LogP contribution in [0.3, 0.4) is 0 Å². The number of anilines is 1. The van der Waals surface area contributed by atoms with Gasteiger partial charge in [-0.15, -0.1) is 11.3 Å². The molecular weight excluding hydrogens is 515 g/mol. The molecule has 1 aromatic heterocycles. The molecular formula is C22H23N3O5S4. The Bertz CT molecular complexity index is 1220. The third-order valence-corrected chi connectivity index (χ3v) is 8.63. The minimum atomic E-state index is -3.78. The first-order chi connectivity index (χ1) is 16.3. The normalized spacial score (nSPS) is 12.1. The number of amides is 1. The van der Waals surface area contributed by atoms with Crippen molar-refractivity contribution in [3.05, 3.63) is 65.7 Å². The second-order valence-corrected chi connectivity index (χ2v) is 12.3. The van der Waals surface area contributed by atoms with Crippen LogP contribution in [0.2, 0.25) is 0 Å². The number of benzene rings is 2. The second kappa shape index (κ2) is 12.2. The molecule has 3 rings (SSSR count). The maximum Gasteiger partial charge on any atom is 0.328 e. The van der Waals surface area contributed by atoms with E-state index in [0.29, 0.717) is 39.0 Å². The molecule has 34 heavy (non-hydrogen) atoms. The van der Waals surface area contributed by atoms with Gasteiger partial charge in [-0.1, -0.05) is 30.3 Å². The van der Waals surface area contributed by atoms with Crippen molar-refractivity contribution in [1.29, 1.82) is 0 Å². The first kappa shape index (κ1) is 26.1. The van der Waals surface area contributed by atoms with E-state index in [0.717, 1.165) is 5.56 Å². The number of hydrogen-bond acceptors (Lipinski definition) is 9. The lowest BCUT2D eigenvalue weighted by Crippen LogP contribution is -2.42. The molecule has 1 amide bonds. The Morgan fingerprint density at radius 1 is 1.18 bits per heavy atom. The van der Waals surface area contributed by atoms with Crippen LogP contribution in [0.5, 0.6) is 0 Å². The Balaban J connectivity index is 1.91. The van der Waals surface area contributed by atoms with Crippen LogP contribution in [-0.2, 0) is 18.6 Å². The van der Waals surface area contributed by atoms with Crippen LogP contribution in [0.4, 0.5) is 5.13 Å². The Morgan fingerprint density at radius 3 is 2.59 bits per heavy atom. The van der Waals surface area contributed by atoms with E-state index in [1.54, 1.807) is 35.3 Å². The van der Waals surface area contributed by atoms with Crippen molar-refractivity contribution in [2.75, 3.05) is 23.8 Å². The van der Waals surface area contributed by atoms with Crippen LogP contribution in [0, 0.1) is 0 Å². The molecule has 0 unspecified atom stereocenters. The number of carbonyl (C=O) groups is 2. The molecule has 0 aliphatic rings. The van der Waals surface area contributed by atoms with E-state index >= 15 is 0 Å². The predicted octanol–water partition coefficient (Wildman–Crippen LogP) is 4.28. The quantitative estimate of drug-likeness (QED) is 0.275. The standard InChI is InChI=1S/C22H23N3O5S4/c1-30-21(27)19(10-12-31-2)24-20(26)17-9-8-16(14-18(17)15-6-4-3-5-7-15)33-34(28,29)25-22-23-11-13-32-22/h3-9,11,13-14,19H,10,12H2,1-2H3,(H,23,25)(H,24,26)/t19-/m0/s1. The highest BCUT2D eigenvalue weighted by atomic mass is 33.1. The van der Waals surface area contributed by atoms with Crippen LogP contribution >= 0.6 is 33.9 Å². The summed E-state index contributed by atoms with van der Waals surface area (Å²) in [5, 5.41) is 4.70. The summed E-state index contributed by atoms with van der Waals surface area (Å²) in [4.78, 5) is 29.7. The van der Waals surface area contributed by atoms with Crippen LogP contribution in [0.15, 0.2) is 65.0 Å². The number of nitrogens with zero attached hydrogens (tertiary/aromatic N) is 1. The Morgan fingerprint density at radius 2 is 1.94 bits per heavy atom. The first-order valence-electron chi connectivity index (χ1n) is 10.0. The highest BCUT2D eigenvalue weighted by molar-refractivity contribution is 8.72. The van der Waals surface area contributed by atoms with E-state index in [-0.39, 0.29) is 5.13 Å². The van der Waals surface area contributed by atoms with Crippen molar-refractivity contribution < 1.29 is 22.7 Å². The molecule has 1 heterocycles. The van der Waals surface area contributed by atoms with Crippen LogP contribution < -0.4 is 10.0 Å². The van der Waals surface area contributed by atoms with Gasteiger partial charge in [-0.3, -0.25) is 4.79 Å². The van der Waals surface area contributed by atoms with Gasteiger partial charge in [-0.2, -0.15) is 20.2 Å². The third kappa shape index (κ3) is 7.23. The molecule has 2 aromatic carbocycles. The number of thiazole rings is 1. The number of esters is 1. The molecule has 1 atom stereocenters. The number of ether oxygens (including phenoxy) is 1. The predicted molar refractivity (Wildman–Crippen MR) is 139 cm³/mol. The zero-order chi connectivity index (χ0) is 24.6. The number of aromatic nitrogens is 1. The molecule has 180 valence electrons. The Hall–Kier alpha value is -2.54. The van der Waals surface area contributed by atoms with E-state index in [1.165, 1.54) is 24.6 Å². The number of nitrogens with one attached hydrogen (secondary N) is 2. The number of methoxy groups -OCH3 is 1. The van der Waals surface area contributed by atoms with Gasteiger partial charge in [-0.25, -0.2) is 14.5 Å². The number of hydrogen-bond donors (Lipinski definition) is 2. The zero-order valence-corrected chi connectivity index (χ0v) is 21.7. The summed E-state index contributed by atoms with van der Waals surface area (Å²) < 4.78 is 32.4. The van der Waals surface area contributed by atoms with Crippen LogP contribution in [-0.4, -0.2) is 50.4 Å². The maximum atomic E-state index is 13.2. The van der Waals surface area contributed by atoms with Gasteiger partial charge < -0.3 is 10.1 Å². The summed E-state index contributed by atoms with van der Waals surface area (Å²) in [6.45, 7) is 0. The minimum Gasteiger partial charge on any atom is -0.467 e. The summed E-state index contributed by atoms with van der Waals surface area (Å²) in [5.41, 5.74) is 1.60. The molecule has 0 bridgehead atoms. The smallest absolute Gasteiger partial charge is 0.328 e. The SMILES string of the molecule is COC(=O)[C@H](CCSC)NC(=O)c1ccc(SS(=O)(=O)Nc2nccs2)cc1-c1ccccc1. The van der Waals surface area contributed by atoms with Gasteiger partial charge in [0.2, 0.25) is 0 Å². The average molecular weight is 538 g/mol. The fourth-order valence-corrected chi connectivity index (χ4v) is 6.83. The molecule has 2 N–H and O–H groups in total. The largest absolute Gasteiger partial charge is 0.467 e. The molecule has 0 spiro atoms. The zero-order valence-electron chi connectivity index (χ0n) is 18.4. The van der Waals surface area contributed by atoms with Crippen molar-refractivity contribution in [2.24, 2.45) is 0 Å². The van der Waals surface area contributed by atoms with Crippen LogP contribution in [0.1, 0.15) is 16.8 Å². The van der Waals surface area contributed by atoms with E-state index in [9.17, 15) is 18.0 Å². The molecule has 0 fully saturated rings. The number of rotatable bonds is 11. The van der Waals surface area contributed by atoms with Crippen molar-refractivity contribution >= 4 is 60.0 Å². The van der Waals surface area contributed by atoms with E-state index in [4.69, 9.17) is 4.74 Å². The highest BCUT2D eigenvalue weighted by Gasteiger charge is 2.24. The second-order valence-electron chi connectivity index (χ2n) is 6.88. The van der Waals surface area contributed by atoms with Crippen molar-refractivity contribution in [3.8, 4) is 11.1 Å². The first-order valence-corrected chi connectivity index (χ1v) is 15.1.